The molecule has 4 rings (SSSR count). The predicted molar refractivity (Wildman–Crippen MR) is 134 cm³/mol. The number of aliphatic hydroxyl groups is 1. The molecule has 0 aliphatic carbocycles. The second-order valence-corrected chi connectivity index (χ2v) is 9.22. The molecule has 0 saturated heterocycles. The maximum Gasteiger partial charge on any atom is 0.277 e. The molecule has 0 bridgehead atoms. The van der Waals surface area contributed by atoms with Crippen molar-refractivity contribution in [2.75, 3.05) is 0 Å². The Balaban J connectivity index is 1.75. The van der Waals surface area contributed by atoms with Gasteiger partial charge in [-0.2, -0.15) is 0 Å². The molecule has 37 heavy (non-hydrogen) atoms. The van der Waals surface area contributed by atoms with E-state index in [0.29, 0.717) is 34.4 Å². The fraction of sp³-hybridized carbons (Fsp3) is 0.240. The minimum absolute atomic E-state index is 0.0870. The molecule has 188 valence electrons. The van der Waals surface area contributed by atoms with Gasteiger partial charge in [-0.15, -0.1) is 0 Å². The van der Waals surface area contributed by atoms with Crippen LogP contribution in [0.5, 0.6) is 5.75 Å². The van der Waals surface area contributed by atoms with E-state index in [-0.39, 0.29) is 22.3 Å². The molecule has 0 aliphatic heterocycles. The van der Waals surface area contributed by atoms with Crippen LogP contribution in [0.1, 0.15) is 42.6 Å². The molecule has 0 unspecified atom stereocenters. The van der Waals surface area contributed by atoms with E-state index in [1.165, 1.54) is 16.8 Å². The number of nitrogens with zero attached hydrogens (tertiary/aromatic N) is 5. The number of aryl methyl sites for hydroxylation is 2. The minimum atomic E-state index is -1.44. The van der Waals surface area contributed by atoms with E-state index >= 15 is 0 Å². The van der Waals surface area contributed by atoms with Crippen molar-refractivity contribution in [1.29, 1.82) is 0 Å². The lowest BCUT2D eigenvalue weighted by atomic mass is 9.95. The number of ether oxygens (including phenoxy) is 1. The van der Waals surface area contributed by atoms with Gasteiger partial charge in [0.05, 0.1) is 29.3 Å². The molecule has 4 aromatic heterocycles. The van der Waals surface area contributed by atoms with Crippen molar-refractivity contribution < 1.29 is 18.6 Å². The Labute approximate surface area is 217 Å². The first kappa shape index (κ1) is 26.4. The van der Waals surface area contributed by atoms with Crippen molar-refractivity contribution in [2.24, 2.45) is 0 Å². The van der Waals surface area contributed by atoms with Crippen molar-refractivity contribution in [3.8, 4) is 22.8 Å². The first-order chi connectivity index (χ1) is 17.4. The van der Waals surface area contributed by atoms with E-state index in [1.54, 1.807) is 46.0 Å². The van der Waals surface area contributed by atoms with Crippen molar-refractivity contribution in [3.63, 3.8) is 0 Å². The Morgan fingerprint density at radius 3 is 2.51 bits per heavy atom. The normalized spacial score (nSPS) is 12.4. The predicted octanol–water partition coefficient (Wildman–Crippen LogP) is 4.11. The molecule has 1 N–H and O–H groups in total. The molecule has 2 radical (unpaired) electrons. The summed E-state index contributed by atoms with van der Waals surface area (Å²) < 4.78 is 34.2. The van der Waals surface area contributed by atoms with Gasteiger partial charge in [-0.05, 0) is 45.4 Å². The number of halogens is 3. The highest BCUT2D eigenvalue weighted by Gasteiger charge is 2.22. The first-order valence-corrected chi connectivity index (χ1v) is 11.4. The van der Waals surface area contributed by atoms with E-state index in [1.807, 2.05) is 0 Å². The van der Waals surface area contributed by atoms with Gasteiger partial charge in [0, 0.05) is 30.2 Å². The second-order valence-electron chi connectivity index (χ2n) is 8.84. The summed E-state index contributed by atoms with van der Waals surface area (Å²) in [6, 6.07) is 3.97. The standard InChI is InChI=1S/C25H21BClF2N5O3/c1-12-10-31-17(16-5-6-30-24(33-16)25(3,4)36)9-18(12)34-13(2)7-19(20(27)23(34)35)37-22(26)21-15(29)8-14(28)11-32-21/h5-11,22,36H,1-4H3/t22-/m1/s1. The number of hydrogen-bond acceptors (Lipinski definition) is 7. The molecular weight excluding hydrogens is 503 g/mol. The molecule has 8 nitrogen and oxygen atoms in total. The zero-order valence-electron chi connectivity index (χ0n) is 20.3. The fourth-order valence-electron chi connectivity index (χ4n) is 3.58. The highest BCUT2D eigenvalue weighted by molar-refractivity contribution is 6.31. The third kappa shape index (κ3) is 5.37. The van der Waals surface area contributed by atoms with Crippen LogP contribution in [0, 0.1) is 25.5 Å². The number of rotatable bonds is 6. The Morgan fingerprint density at radius 1 is 1.11 bits per heavy atom. The van der Waals surface area contributed by atoms with Gasteiger partial charge in [-0.1, -0.05) is 11.6 Å². The van der Waals surface area contributed by atoms with E-state index in [2.05, 4.69) is 19.9 Å². The van der Waals surface area contributed by atoms with E-state index in [0.717, 1.165) is 6.20 Å². The van der Waals surface area contributed by atoms with Gasteiger partial charge >= 0.3 is 0 Å². The van der Waals surface area contributed by atoms with Crippen LogP contribution in [0.3, 0.4) is 0 Å². The summed E-state index contributed by atoms with van der Waals surface area (Å²) in [6.07, 6.45) is 3.90. The molecule has 0 aromatic carbocycles. The SMILES string of the molecule is [B][C@H](Oc1cc(C)n(-c2cc(-c3ccnc(C(C)(C)O)n3)ncc2C)c(=O)c1Cl)c1ncc(F)cc1F. The number of pyridine rings is 3. The summed E-state index contributed by atoms with van der Waals surface area (Å²) in [5.41, 5.74) is 0.267. The smallest absolute Gasteiger partial charge is 0.277 e. The van der Waals surface area contributed by atoms with Gasteiger partial charge in [0.25, 0.3) is 5.56 Å². The Morgan fingerprint density at radius 2 is 1.84 bits per heavy atom. The van der Waals surface area contributed by atoms with Crippen LogP contribution >= 0.6 is 11.6 Å². The quantitative estimate of drug-likeness (QED) is 0.380. The minimum Gasteiger partial charge on any atom is -0.492 e. The van der Waals surface area contributed by atoms with Gasteiger partial charge in [0.2, 0.25) is 0 Å². The Hall–Kier alpha value is -3.70. The highest BCUT2D eigenvalue weighted by atomic mass is 35.5. The van der Waals surface area contributed by atoms with E-state index < -0.39 is 28.8 Å². The molecular formula is C25H21BClF2N5O3. The summed E-state index contributed by atoms with van der Waals surface area (Å²) in [5, 5.41) is 9.96. The van der Waals surface area contributed by atoms with Crippen LogP contribution in [0.4, 0.5) is 8.78 Å². The zero-order chi connectivity index (χ0) is 27.1. The van der Waals surface area contributed by atoms with E-state index in [4.69, 9.17) is 24.2 Å². The van der Waals surface area contributed by atoms with Crippen LogP contribution in [-0.2, 0) is 5.60 Å². The molecule has 0 aliphatic rings. The average Bonchev–Trinajstić information content (AvgIpc) is 2.83. The molecule has 0 amide bonds. The van der Waals surface area contributed by atoms with Crippen LogP contribution in [0.15, 0.2) is 47.7 Å². The molecule has 4 heterocycles. The lowest BCUT2D eigenvalue weighted by molar-refractivity contribution is 0.0688. The molecule has 1 atom stereocenters. The molecule has 0 fully saturated rings. The van der Waals surface area contributed by atoms with Gasteiger partial charge < -0.3 is 9.84 Å². The number of hydrogen-bond donors (Lipinski definition) is 1. The third-order valence-corrected chi connectivity index (χ3v) is 5.79. The zero-order valence-corrected chi connectivity index (χ0v) is 21.1. The first-order valence-electron chi connectivity index (χ1n) is 11.1. The summed E-state index contributed by atoms with van der Waals surface area (Å²) in [7, 11) is 5.89. The maximum absolute atomic E-state index is 14.1. The molecule has 0 saturated carbocycles. The van der Waals surface area contributed by atoms with Crippen LogP contribution < -0.4 is 10.3 Å². The summed E-state index contributed by atoms with van der Waals surface area (Å²) in [6.45, 7) is 6.57. The summed E-state index contributed by atoms with van der Waals surface area (Å²) in [4.78, 5) is 29.9. The maximum atomic E-state index is 14.1. The second kappa shape index (κ2) is 9.99. The van der Waals surface area contributed by atoms with Crippen molar-refractivity contribution in [2.45, 2.75) is 39.3 Å². The van der Waals surface area contributed by atoms with Gasteiger partial charge in [-0.3, -0.25) is 19.3 Å². The van der Waals surface area contributed by atoms with Gasteiger partial charge in [-0.25, -0.2) is 18.7 Å². The lowest BCUT2D eigenvalue weighted by Crippen LogP contribution is -2.23. The van der Waals surface area contributed by atoms with Gasteiger partial charge in [0.15, 0.2) is 11.6 Å². The van der Waals surface area contributed by atoms with Crippen LogP contribution in [-0.4, -0.2) is 37.5 Å². The van der Waals surface area contributed by atoms with Crippen LogP contribution in [0.2, 0.25) is 5.02 Å². The van der Waals surface area contributed by atoms with Crippen LogP contribution in [0.25, 0.3) is 17.1 Å². The molecule has 12 heteroatoms. The highest BCUT2D eigenvalue weighted by Crippen LogP contribution is 2.29. The third-order valence-electron chi connectivity index (χ3n) is 5.44. The fourth-order valence-corrected chi connectivity index (χ4v) is 3.77. The Bertz CT molecular complexity index is 1560. The molecule has 0 spiro atoms. The van der Waals surface area contributed by atoms with Crippen molar-refractivity contribution in [1.82, 2.24) is 24.5 Å². The molecule has 4 aromatic rings. The summed E-state index contributed by atoms with van der Waals surface area (Å²) in [5.74, 6) is -1.73. The van der Waals surface area contributed by atoms with Crippen molar-refractivity contribution >= 4 is 19.4 Å². The van der Waals surface area contributed by atoms with E-state index in [9.17, 15) is 18.7 Å². The number of aromatic nitrogens is 5. The van der Waals surface area contributed by atoms with Crippen molar-refractivity contribution in [3.05, 3.63) is 92.6 Å². The lowest BCUT2D eigenvalue weighted by Gasteiger charge is -2.20. The average molecular weight is 524 g/mol. The Kier molecular flexibility index (Phi) is 7.12. The topological polar surface area (TPSA) is 103 Å². The monoisotopic (exact) mass is 523 g/mol. The largest absolute Gasteiger partial charge is 0.492 e. The summed E-state index contributed by atoms with van der Waals surface area (Å²) >= 11 is 6.34. The van der Waals surface area contributed by atoms with Gasteiger partial charge in [0.1, 0.15) is 35.7 Å².